The fourth-order valence-electron chi connectivity index (χ4n) is 3.88. The lowest BCUT2D eigenvalue weighted by molar-refractivity contribution is -0.137. The summed E-state index contributed by atoms with van der Waals surface area (Å²) in [5.74, 6) is 0. The van der Waals surface area contributed by atoms with Crippen LogP contribution >= 0.6 is 0 Å². The van der Waals surface area contributed by atoms with Gasteiger partial charge in [0, 0.05) is 6.54 Å². The van der Waals surface area contributed by atoms with E-state index in [2.05, 4.69) is 5.32 Å². The summed E-state index contributed by atoms with van der Waals surface area (Å²) >= 11 is 0. The van der Waals surface area contributed by atoms with Crippen molar-refractivity contribution >= 4 is 6.03 Å². The average molecular weight is 370 g/mol. The quantitative estimate of drug-likeness (QED) is 0.841. The smallest absolute Gasteiger partial charge is 0.383 e. The van der Waals surface area contributed by atoms with E-state index in [4.69, 9.17) is 4.74 Å². The molecule has 0 bridgehead atoms. The van der Waals surface area contributed by atoms with Crippen molar-refractivity contribution < 1.29 is 27.8 Å². The zero-order chi connectivity index (χ0) is 18.6. The van der Waals surface area contributed by atoms with Gasteiger partial charge in [-0.2, -0.15) is 13.2 Å². The highest BCUT2D eigenvalue weighted by molar-refractivity contribution is 5.75. The van der Waals surface area contributed by atoms with Gasteiger partial charge in [0.05, 0.1) is 30.4 Å². The number of urea groups is 1. The number of carbonyl (C=O) groups excluding carboxylic acids is 1. The number of alkyl halides is 3. The monoisotopic (exact) mass is 370 g/mol. The fraction of sp³-hybridized carbons (Fsp3) is 0.611. The van der Waals surface area contributed by atoms with Crippen LogP contribution in [0.1, 0.15) is 36.8 Å². The first kappa shape index (κ1) is 17.6. The van der Waals surface area contributed by atoms with Gasteiger partial charge in [0.2, 0.25) is 0 Å². The summed E-state index contributed by atoms with van der Waals surface area (Å²) in [7, 11) is 0. The molecule has 1 aliphatic carbocycles. The Hall–Kier alpha value is -1.80. The molecule has 0 radical (unpaired) electrons. The Balaban J connectivity index is 1.41. The van der Waals surface area contributed by atoms with Gasteiger partial charge in [0.1, 0.15) is 5.60 Å². The van der Waals surface area contributed by atoms with Crippen LogP contribution in [0.4, 0.5) is 18.0 Å². The van der Waals surface area contributed by atoms with E-state index in [1.807, 2.05) is 0 Å². The molecule has 0 aromatic heterocycles. The largest absolute Gasteiger partial charge is 0.416 e. The number of rotatable bonds is 2. The number of amides is 2. The van der Waals surface area contributed by atoms with Gasteiger partial charge >= 0.3 is 12.2 Å². The molecule has 3 aliphatic rings. The molecule has 142 valence electrons. The zero-order valence-corrected chi connectivity index (χ0v) is 14.2. The molecule has 2 atom stereocenters. The number of nitrogens with one attached hydrogen (secondary N) is 1. The molecule has 5 nitrogen and oxygen atoms in total. The number of benzene rings is 1. The van der Waals surface area contributed by atoms with Crippen LogP contribution < -0.4 is 5.32 Å². The number of β-amino-alcohol motifs (C(OH)–C–C–N with tert-alkyl or cyclic N) is 1. The van der Waals surface area contributed by atoms with E-state index >= 15 is 0 Å². The van der Waals surface area contributed by atoms with Gasteiger partial charge in [0.15, 0.2) is 0 Å². The lowest BCUT2D eigenvalue weighted by Gasteiger charge is -2.25. The lowest BCUT2D eigenvalue weighted by atomic mass is 9.91. The summed E-state index contributed by atoms with van der Waals surface area (Å²) in [6, 6.07) is 4.33. The van der Waals surface area contributed by atoms with Crippen molar-refractivity contribution in [3.63, 3.8) is 0 Å². The first-order valence-corrected chi connectivity index (χ1v) is 8.79. The predicted octanol–water partition coefficient (Wildman–Crippen LogP) is 2.63. The van der Waals surface area contributed by atoms with E-state index in [-0.39, 0.29) is 42.7 Å². The van der Waals surface area contributed by atoms with Gasteiger partial charge in [-0.25, -0.2) is 4.79 Å². The molecule has 4 rings (SSSR count). The Morgan fingerprint density at radius 1 is 1.31 bits per heavy atom. The number of likely N-dealkylation sites (tertiary alicyclic amines) is 1. The van der Waals surface area contributed by atoms with E-state index in [0.717, 1.165) is 31.4 Å². The fourth-order valence-corrected chi connectivity index (χ4v) is 3.88. The minimum absolute atomic E-state index is 0.0289. The molecule has 1 aromatic rings. The second-order valence-corrected chi connectivity index (χ2v) is 7.63. The predicted molar refractivity (Wildman–Crippen MR) is 86.4 cm³/mol. The maximum atomic E-state index is 12.9. The Labute approximate surface area is 149 Å². The Kier molecular flexibility index (Phi) is 3.96. The molecule has 8 heteroatoms. The third kappa shape index (κ3) is 3.27. The molecule has 2 aliphatic heterocycles. The van der Waals surface area contributed by atoms with Crippen molar-refractivity contribution in [3.05, 3.63) is 35.4 Å². The third-order valence-corrected chi connectivity index (χ3v) is 5.61. The Bertz CT molecular complexity index is 720. The summed E-state index contributed by atoms with van der Waals surface area (Å²) in [5.41, 5.74) is -2.13. The molecular formula is C18H21F3N2O3. The summed E-state index contributed by atoms with van der Waals surface area (Å²) < 4.78 is 44.4. The lowest BCUT2D eigenvalue weighted by Crippen LogP contribution is -2.45. The van der Waals surface area contributed by atoms with Crippen LogP contribution in [0.3, 0.4) is 0 Å². The Morgan fingerprint density at radius 3 is 2.73 bits per heavy atom. The maximum Gasteiger partial charge on any atom is 0.416 e. The third-order valence-electron chi connectivity index (χ3n) is 5.61. The molecule has 2 N–H and O–H groups in total. The van der Waals surface area contributed by atoms with Crippen molar-refractivity contribution in [2.24, 2.45) is 0 Å². The van der Waals surface area contributed by atoms with Crippen LogP contribution in [0.15, 0.2) is 24.3 Å². The van der Waals surface area contributed by atoms with E-state index in [9.17, 15) is 23.1 Å². The number of hydrogen-bond acceptors (Lipinski definition) is 3. The minimum atomic E-state index is -4.47. The van der Waals surface area contributed by atoms with Crippen molar-refractivity contribution in [1.82, 2.24) is 10.2 Å². The number of halogens is 3. The van der Waals surface area contributed by atoms with Gasteiger partial charge in [-0.3, -0.25) is 0 Å². The summed E-state index contributed by atoms with van der Waals surface area (Å²) in [5, 5.41) is 13.7. The number of hydrogen-bond donors (Lipinski definition) is 2. The van der Waals surface area contributed by atoms with Crippen molar-refractivity contribution in [3.8, 4) is 0 Å². The summed E-state index contributed by atoms with van der Waals surface area (Å²) in [4.78, 5) is 13.9. The number of ether oxygens (including phenoxy) is 1. The summed E-state index contributed by atoms with van der Waals surface area (Å²) in [6.45, 7) is 0.744. The molecule has 1 spiro atoms. The van der Waals surface area contributed by atoms with Crippen LogP contribution in [0.25, 0.3) is 0 Å². The highest BCUT2D eigenvalue weighted by atomic mass is 19.4. The standard InChI is InChI=1S/C18H21F3N2O3/c19-18(20,21)13-3-1-2-12(8-13)17(25)6-7-23(11-17)15(24)22-14-9-16(4-5-16)26-10-14/h1-3,8,14,25H,4-7,9-11H2,(H,22,24). The minimum Gasteiger partial charge on any atom is -0.383 e. The number of aliphatic hydroxyl groups is 1. The maximum absolute atomic E-state index is 12.9. The van der Waals surface area contributed by atoms with Crippen molar-refractivity contribution in [2.45, 2.75) is 49.1 Å². The number of carbonyl (C=O) groups is 1. The van der Waals surface area contributed by atoms with Crippen molar-refractivity contribution in [1.29, 1.82) is 0 Å². The number of nitrogens with zero attached hydrogens (tertiary/aromatic N) is 1. The normalized spacial score (nSPS) is 30.0. The molecule has 26 heavy (non-hydrogen) atoms. The van der Waals surface area contributed by atoms with E-state index in [1.54, 1.807) is 0 Å². The highest BCUT2D eigenvalue weighted by Crippen LogP contribution is 2.47. The molecule has 2 unspecified atom stereocenters. The van der Waals surface area contributed by atoms with Crippen molar-refractivity contribution in [2.75, 3.05) is 19.7 Å². The van der Waals surface area contributed by atoms with Gasteiger partial charge in [-0.15, -0.1) is 0 Å². The second-order valence-electron chi connectivity index (χ2n) is 7.63. The van der Waals surface area contributed by atoms with Crippen LogP contribution in [0, 0.1) is 0 Å². The van der Waals surface area contributed by atoms with Gasteiger partial charge in [-0.05, 0) is 43.4 Å². The first-order chi connectivity index (χ1) is 12.2. The van der Waals surface area contributed by atoms with Crippen LogP contribution in [0.2, 0.25) is 0 Å². The van der Waals surface area contributed by atoms with E-state index in [0.29, 0.717) is 6.61 Å². The van der Waals surface area contributed by atoms with Crippen LogP contribution in [-0.4, -0.2) is 47.4 Å². The second kappa shape index (κ2) is 5.85. The van der Waals surface area contributed by atoms with E-state index in [1.165, 1.54) is 17.0 Å². The molecule has 2 amide bonds. The molecular weight excluding hydrogens is 349 g/mol. The van der Waals surface area contributed by atoms with Gasteiger partial charge < -0.3 is 20.1 Å². The molecule has 1 aromatic carbocycles. The first-order valence-electron chi connectivity index (χ1n) is 8.79. The van der Waals surface area contributed by atoms with Crippen LogP contribution in [-0.2, 0) is 16.5 Å². The SMILES string of the molecule is O=C(NC1COC2(CC2)C1)N1CCC(O)(c2cccc(C(F)(F)F)c2)C1. The topological polar surface area (TPSA) is 61.8 Å². The zero-order valence-electron chi connectivity index (χ0n) is 14.2. The van der Waals surface area contributed by atoms with Crippen LogP contribution in [0.5, 0.6) is 0 Å². The molecule has 2 saturated heterocycles. The average Bonchev–Trinajstić information content (AvgIpc) is 3.03. The molecule has 2 heterocycles. The molecule has 3 fully saturated rings. The summed E-state index contributed by atoms with van der Waals surface area (Å²) in [6.07, 6.45) is -1.42. The van der Waals surface area contributed by atoms with E-state index < -0.39 is 17.3 Å². The van der Waals surface area contributed by atoms with Gasteiger partial charge in [0.25, 0.3) is 0 Å². The van der Waals surface area contributed by atoms with Gasteiger partial charge in [-0.1, -0.05) is 12.1 Å². The molecule has 1 saturated carbocycles. The highest BCUT2D eigenvalue weighted by Gasteiger charge is 2.51. The Morgan fingerprint density at radius 2 is 2.08 bits per heavy atom.